The summed E-state index contributed by atoms with van der Waals surface area (Å²) in [6.45, 7) is 1.85. The summed E-state index contributed by atoms with van der Waals surface area (Å²) in [7, 11) is 0. The summed E-state index contributed by atoms with van der Waals surface area (Å²) < 4.78 is 1.22. The SMILES string of the molecule is Cc1ccccc1-n1ncc(O)c1C(=O)O. The van der Waals surface area contributed by atoms with Gasteiger partial charge in [-0.1, -0.05) is 18.2 Å². The Bertz CT molecular complexity index is 546. The van der Waals surface area contributed by atoms with Crippen molar-refractivity contribution in [3.05, 3.63) is 41.7 Å². The van der Waals surface area contributed by atoms with Gasteiger partial charge in [-0.3, -0.25) is 0 Å². The van der Waals surface area contributed by atoms with Gasteiger partial charge in [0.2, 0.25) is 0 Å². The Morgan fingerprint density at radius 3 is 2.69 bits per heavy atom. The molecule has 1 aromatic heterocycles. The van der Waals surface area contributed by atoms with Crippen molar-refractivity contribution in [1.29, 1.82) is 0 Å². The van der Waals surface area contributed by atoms with Crippen LogP contribution in [-0.2, 0) is 0 Å². The third kappa shape index (κ3) is 1.52. The molecule has 0 aliphatic heterocycles. The first-order chi connectivity index (χ1) is 7.61. The van der Waals surface area contributed by atoms with Crippen LogP contribution in [0.15, 0.2) is 30.5 Å². The largest absolute Gasteiger partial charge is 0.504 e. The van der Waals surface area contributed by atoms with Gasteiger partial charge in [0.1, 0.15) is 0 Å². The molecule has 0 atom stereocenters. The summed E-state index contributed by atoms with van der Waals surface area (Å²) in [5.41, 5.74) is 1.29. The Kier molecular flexibility index (Phi) is 2.36. The molecule has 0 amide bonds. The van der Waals surface area contributed by atoms with Crippen LogP contribution in [0.2, 0.25) is 0 Å². The lowest BCUT2D eigenvalue weighted by molar-refractivity contribution is 0.0683. The number of carboxylic acid groups (broad SMARTS) is 1. The Hall–Kier alpha value is -2.30. The molecule has 82 valence electrons. The highest BCUT2D eigenvalue weighted by atomic mass is 16.4. The first-order valence-corrected chi connectivity index (χ1v) is 4.67. The monoisotopic (exact) mass is 218 g/mol. The Morgan fingerprint density at radius 2 is 2.06 bits per heavy atom. The highest BCUT2D eigenvalue weighted by molar-refractivity contribution is 5.89. The smallest absolute Gasteiger partial charge is 0.358 e. The summed E-state index contributed by atoms with van der Waals surface area (Å²) in [4.78, 5) is 11.0. The number of aromatic nitrogens is 2. The molecule has 0 fully saturated rings. The molecule has 1 aromatic carbocycles. The predicted molar refractivity (Wildman–Crippen MR) is 56.9 cm³/mol. The van der Waals surface area contributed by atoms with Crippen molar-refractivity contribution in [2.24, 2.45) is 0 Å². The van der Waals surface area contributed by atoms with Gasteiger partial charge in [0.25, 0.3) is 0 Å². The molecule has 2 rings (SSSR count). The van der Waals surface area contributed by atoms with Gasteiger partial charge in [0, 0.05) is 0 Å². The van der Waals surface area contributed by atoms with E-state index in [4.69, 9.17) is 5.11 Å². The minimum absolute atomic E-state index is 0.227. The van der Waals surface area contributed by atoms with Crippen molar-refractivity contribution in [2.45, 2.75) is 6.92 Å². The summed E-state index contributed by atoms with van der Waals surface area (Å²) in [6.07, 6.45) is 1.12. The fourth-order valence-electron chi connectivity index (χ4n) is 1.52. The first-order valence-electron chi connectivity index (χ1n) is 4.67. The van der Waals surface area contributed by atoms with Gasteiger partial charge in [-0.15, -0.1) is 0 Å². The van der Waals surface area contributed by atoms with Crippen LogP contribution >= 0.6 is 0 Å². The molecule has 0 unspecified atom stereocenters. The summed E-state index contributed by atoms with van der Waals surface area (Å²) >= 11 is 0. The summed E-state index contributed by atoms with van der Waals surface area (Å²) in [6, 6.07) is 7.23. The van der Waals surface area contributed by atoms with E-state index in [0.717, 1.165) is 11.8 Å². The number of rotatable bonds is 2. The third-order valence-electron chi connectivity index (χ3n) is 2.30. The fourth-order valence-corrected chi connectivity index (χ4v) is 1.52. The second-order valence-corrected chi connectivity index (χ2v) is 3.38. The van der Waals surface area contributed by atoms with Gasteiger partial charge < -0.3 is 10.2 Å². The van der Waals surface area contributed by atoms with Crippen molar-refractivity contribution < 1.29 is 15.0 Å². The molecule has 0 saturated carbocycles. The lowest BCUT2D eigenvalue weighted by atomic mass is 10.2. The number of aromatic carboxylic acids is 1. The van der Waals surface area contributed by atoms with Crippen molar-refractivity contribution >= 4 is 5.97 Å². The number of nitrogens with zero attached hydrogens (tertiary/aromatic N) is 2. The quantitative estimate of drug-likeness (QED) is 0.802. The molecule has 2 aromatic rings. The Balaban J connectivity index is 2.66. The summed E-state index contributed by atoms with van der Waals surface area (Å²) in [5, 5.41) is 22.2. The standard InChI is InChI=1S/C11H10N2O3/c1-7-4-2-3-5-8(7)13-10(11(15)16)9(14)6-12-13/h2-6,14H,1H3,(H,15,16). The number of para-hydroxylation sites is 1. The van der Waals surface area contributed by atoms with E-state index in [1.807, 2.05) is 19.1 Å². The van der Waals surface area contributed by atoms with E-state index in [0.29, 0.717) is 5.69 Å². The van der Waals surface area contributed by atoms with Crippen LogP contribution in [0.3, 0.4) is 0 Å². The fraction of sp³-hybridized carbons (Fsp3) is 0.0909. The average Bonchev–Trinajstić information content (AvgIpc) is 2.61. The second-order valence-electron chi connectivity index (χ2n) is 3.38. The molecular formula is C11H10N2O3. The molecule has 2 N–H and O–H groups in total. The molecule has 0 spiro atoms. The molecule has 5 heteroatoms. The maximum Gasteiger partial charge on any atom is 0.358 e. The van der Waals surface area contributed by atoms with Gasteiger partial charge in [-0.2, -0.15) is 5.10 Å². The number of carbonyl (C=O) groups is 1. The zero-order valence-electron chi connectivity index (χ0n) is 8.58. The second kappa shape index (κ2) is 3.69. The van der Waals surface area contributed by atoms with Crippen molar-refractivity contribution in [1.82, 2.24) is 9.78 Å². The highest BCUT2D eigenvalue weighted by Gasteiger charge is 2.18. The number of aryl methyl sites for hydroxylation is 1. The number of carboxylic acids is 1. The van der Waals surface area contributed by atoms with E-state index < -0.39 is 5.97 Å². The third-order valence-corrected chi connectivity index (χ3v) is 2.30. The van der Waals surface area contributed by atoms with E-state index in [2.05, 4.69) is 5.10 Å². The molecule has 1 heterocycles. The van der Waals surface area contributed by atoms with Gasteiger partial charge in [-0.25, -0.2) is 9.48 Å². The first kappa shape index (κ1) is 10.2. The topological polar surface area (TPSA) is 75.3 Å². The molecule has 5 nitrogen and oxygen atoms in total. The maximum atomic E-state index is 11.0. The van der Waals surface area contributed by atoms with Crippen LogP contribution < -0.4 is 0 Å². The number of hydrogen-bond acceptors (Lipinski definition) is 3. The lowest BCUT2D eigenvalue weighted by Gasteiger charge is -2.07. The van der Waals surface area contributed by atoms with E-state index in [-0.39, 0.29) is 11.4 Å². The van der Waals surface area contributed by atoms with E-state index in [1.54, 1.807) is 12.1 Å². The minimum atomic E-state index is -1.21. The van der Waals surface area contributed by atoms with Crippen LogP contribution in [0.1, 0.15) is 16.1 Å². The van der Waals surface area contributed by atoms with Gasteiger partial charge >= 0.3 is 5.97 Å². The van der Waals surface area contributed by atoms with E-state index in [9.17, 15) is 9.90 Å². The van der Waals surface area contributed by atoms with E-state index in [1.165, 1.54) is 4.68 Å². The molecule has 0 aliphatic rings. The van der Waals surface area contributed by atoms with Crippen LogP contribution in [0.25, 0.3) is 5.69 Å². The van der Waals surface area contributed by atoms with Crippen molar-refractivity contribution in [3.8, 4) is 11.4 Å². The minimum Gasteiger partial charge on any atom is -0.504 e. The Labute approximate surface area is 91.6 Å². The number of hydrogen-bond donors (Lipinski definition) is 2. The van der Waals surface area contributed by atoms with Gasteiger partial charge in [0.15, 0.2) is 11.4 Å². The highest BCUT2D eigenvalue weighted by Crippen LogP contribution is 2.21. The Morgan fingerprint density at radius 1 is 1.38 bits per heavy atom. The lowest BCUT2D eigenvalue weighted by Crippen LogP contribution is -2.09. The van der Waals surface area contributed by atoms with Crippen LogP contribution in [0, 0.1) is 6.92 Å². The number of benzene rings is 1. The molecule has 0 saturated heterocycles. The van der Waals surface area contributed by atoms with Crippen molar-refractivity contribution in [3.63, 3.8) is 0 Å². The molecule has 0 aliphatic carbocycles. The summed E-state index contributed by atoms with van der Waals surface area (Å²) in [5.74, 6) is -1.55. The van der Waals surface area contributed by atoms with E-state index >= 15 is 0 Å². The average molecular weight is 218 g/mol. The normalized spacial score (nSPS) is 10.3. The van der Waals surface area contributed by atoms with Crippen LogP contribution in [0.4, 0.5) is 0 Å². The zero-order valence-corrected chi connectivity index (χ0v) is 8.58. The van der Waals surface area contributed by atoms with Gasteiger partial charge in [0.05, 0.1) is 11.9 Å². The molecule has 16 heavy (non-hydrogen) atoms. The predicted octanol–water partition coefficient (Wildman–Crippen LogP) is 1.58. The van der Waals surface area contributed by atoms with Crippen LogP contribution in [-0.4, -0.2) is 26.0 Å². The molecular weight excluding hydrogens is 208 g/mol. The molecule has 0 bridgehead atoms. The zero-order chi connectivity index (χ0) is 11.7. The number of aromatic hydroxyl groups is 1. The van der Waals surface area contributed by atoms with Gasteiger partial charge in [-0.05, 0) is 18.6 Å². The molecule has 0 radical (unpaired) electrons. The van der Waals surface area contributed by atoms with Crippen LogP contribution in [0.5, 0.6) is 5.75 Å². The maximum absolute atomic E-state index is 11.0. The van der Waals surface area contributed by atoms with Crippen molar-refractivity contribution in [2.75, 3.05) is 0 Å².